The molecule has 0 aliphatic carbocycles. The zero-order valence-electron chi connectivity index (χ0n) is 16.2. The Kier molecular flexibility index (Phi) is 6.82. The van der Waals surface area contributed by atoms with E-state index in [4.69, 9.17) is 5.11 Å². The average Bonchev–Trinajstić information content (AvgIpc) is 3.10. The Bertz CT molecular complexity index is 1030. The van der Waals surface area contributed by atoms with Crippen molar-refractivity contribution in [2.24, 2.45) is 0 Å². The third kappa shape index (κ3) is 5.68. The normalized spacial score (nSPS) is 12.0. The van der Waals surface area contributed by atoms with E-state index in [-0.39, 0.29) is 26.1 Å². The monoisotopic (exact) mass is 409 g/mol. The average molecular weight is 409 g/mol. The van der Waals surface area contributed by atoms with Crippen molar-refractivity contribution in [1.82, 2.24) is 15.2 Å². The standard InChI is InChI=1S/C22H23N3O5/c26-20(13-25(14-21(27)28)12-15-6-2-1-3-7-15)24-19(22(29)30)10-16-11-23-18-9-5-4-8-17(16)18/h1-9,11,19,23H,10,12-14H2,(H,24,26)(H,27,28)(H,29,30). The molecule has 4 N–H and O–H groups in total. The Morgan fingerprint density at radius 1 is 0.967 bits per heavy atom. The van der Waals surface area contributed by atoms with Crippen LogP contribution in [0.4, 0.5) is 0 Å². The van der Waals surface area contributed by atoms with Crippen molar-refractivity contribution in [3.05, 3.63) is 71.9 Å². The first kappa shape index (κ1) is 21.1. The van der Waals surface area contributed by atoms with Gasteiger partial charge in [-0.05, 0) is 17.2 Å². The van der Waals surface area contributed by atoms with E-state index in [1.54, 1.807) is 6.20 Å². The SMILES string of the molecule is O=C(O)CN(CC(=O)NC(Cc1c[nH]c2ccccc12)C(=O)O)Cc1ccccc1. The lowest BCUT2D eigenvalue weighted by Gasteiger charge is -2.21. The molecule has 8 nitrogen and oxygen atoms in total. The zero-order valence-corrected chi connectivity index (χ0v) is 16.2. The van der Waals surface area contributed by atoms with Crippen LogP contribution in [-0.2, 0) is 27.3 Å². The van der Waals surface area contributed by atoms with Crippen LogP contribution >= 0.6 is 0 Å². The maximum absolute atomic E-state index is 12.5. The number of carbonyl (C=O) groups is 3. The van der Waals surface area contributed by atoms with Crippen LogP contribution in [0.15, 0.2) is 60.8 Å². The van der Waals surface area contributed by atoms with Gasteiger partial charge < -0.3 is 20.5 Å². The number of carboxylic acid groups (broad SMARTS) is 2. The van der Waals surface area contributed by atoms with Crippen molar-refractivity contribution in [1.29, 1.82) is 0 Å². The fourth-order valence-electron chi connectivity index (χ4n) is 3.36. The number of para-hydroxylation sites is 1. The molecule has 8 heteroatoms. The number of rotatable bonds is 10. The van der Waals surface area contributed by atoms with E-state index in [0.717, 1.165) is 22.0 Å². The summed E-state index contributed by atoms with van der Waals surface area (Å²) in [7, 11) is 0. The van der Waals surface area contributed by atoms with Crippen LogP contribution in [0.3, 0.4) is 0 Å². The molecule has 0 aliphatic heterocycles. The highest BCUT2D eigenvalue weighted by Crippen LogP contribution is 2.19. The maximum atomic E-state index is 12.5. The summed E-state index contributed by atoms with van der Waals surface area (Å²) in [5.41, 5.74) is 2.53. The first-order valence-electron chi connectivity index (χ1n) is 9.47. The van der Waals surface area contributed by atoms with Gasteiger partial charge in [-0.2, -0.15) is 0 Å². The predicted molar refractivity (Wildman–Crippen MR) is 111 cm³/mol. The number of carboxylic acids is 2. The van der Waals surface area contributed by atoms with Crippen LogP contribution in [-0.4, -0.2) is 57.1 Å². The molecule has 1 amide bonds. The van der Waals surface area contributed by atoms with Crippen LogP contribution in [0, 0.1) is 0 Å². The van der Waals surface area contributed by atoms with Gasteiger partial charge in [-0.15, -0.1) is 0 Å². The lowest BCUT2D eigenvalue weighted by Crippen LogP contribution is -2.47. The van der Waals surface area contributed by atoms with Crippen LogP contribution in [0.5, 0.6) is 0 Å². The second-order valence-electron chi connectivity index (χ2n) is 7.05. The van der Waals surface area contributed by atoms with E-state index in [2.05, 4.69) is 10.3 Å². The molecular weight excluding hydrogens is 386 g/mol. The Hall–Kier alpha value is -3.65. The van der Waals surface area contributed by atoms with Crippen molar-refractivity contribution in [2.75, 3.05) is 13.1 Å². The molecule has 1 atom stereocenters. The van der Waals surface area contributed by atoms with Crippen molar-refractivity contribution in [3.8, 4) is 0 Å². The van der Waals surface area contributed by atoms with E-state index in [0.29, 0.717) is 0 Å². The third-order valence-electron chi connectivity index (χ3n) is 4.71. The van der Waals surface area contributed by atoms with Gasteiger partial charge in [-0.25, -0.2) is 4.79 Å². The molecule has 1 heterocycles. The van der Waals surface area contributed by atoms with Gasteiger partial charge in [0.15, 0.2) is 0 Å². The van der Waals surface area contributed by atoms with Crippen LogP contribution < -0.4 is 5.32 Å². The molecule has 3 rings (SSSR count). The summed E-state index contributed by atoms with van der Waals surface area (Å²) in [5, 5.41) is 22.1. The molecule has 0 fully saturated rings. The molecule has 0 aliphatic rings. The summed E-state index contributed by atoms with van der Waals surface area (Å²) in [6.45, 7) is -0.290. The lowest BCUT2D eigenvalue weighted by molar-refractivity contribution is -0.143. The van der Waals surface area contributed by atoms with E-state index >= 15 is 0 Å². The topological polar surface area (TPSA) is 123 Å². The minimum atomic E-state index is -1.15. The summed E-state index contributed by atoms with van der Waals surface area (Å²) < 4.78 is 0. The number of aliphatic carboxylic acids is 2. The van der Waals surface area contributed by atoms with Crippen molar-refractivity contribution in [3.63, 3.8) is 0 Å². The lowest BCUT2D eigenvalue weighted by atomic mass is 10.0. The summed E-state index contributed by atoms with van der Waals surface area (Å²) in [4.78, 5) is 40.0. The molecule has 30 heavy (non-hydrogen) atoms. The summed E-state index contributed by atoms with van der Waals surface area (Å²) in [5.74, 6) is -2.76. The van der Waals surface area contributed by atoms with Gasteiger partial charge in [0.1, 0.15) is 6.04 Å². The highest BCUT2D eigenvalue weighted by Gasteiger charge is 2.23. The van der Waals surface area contributed by atoms with Crippen molar-refractivity contribution in [2.45, 2.75) is 19.0 Å². The minimum Gasteiger partial charge on any atom is -0.480 e. The summed E-state index contributed by atoms with van der Waals surface area (Å²) in [6, 6.07) is 15.6. The number of hydrogen-bond acceptors (Lipinski definition) is 4. The molecule has 2 aromatic carbocycles. The van der Waals surface area contributed by atoms with Crippen molar-refractivity contribution < 1.29 is 24.6 Å². The molecule has 3 aromatic rings. The van der Waals surface area contributed by atoms with Gasteiger partial charge in [0, 0.05) is 30.1 Å². The minimum absolute atomic E-state index is 0.114. The van der Waals surface area contributed by atoms with Gasteiger partial charge in [-0.3, -0.25) is 14.5 Å². The largest absolute Gasteiger partial charge is 0.480 e. The van der Waals surface area contributed by atoms with E-state index in [1.165, 1.54) is 4.90 Å². The van der Waals surface area contributed by atoms with Crippen LogP contribution in [0.1, 0.15) is 11.1 Å². The number of H-pyrrole nitrogens is 1. The number of aromatic nitrogens is 1. The third-order valence-corrected chi connectivity index (χ3v) is 4.71. The van der Waals surface area contributed by atoms with E-state index < -0.39 is 23.9 Å². The number of hydrogen-bond donors (Lipinski definition) is 4. The summed E-state index contributed by atoms with van der Waals surface area (Å²) in [6.07, 6.45) is 1.85. The fraction of sp³-hybridized carbons (Fsp3) is 0.227. The molecule has 1 unspecified atom stereocenters. The number of carbonyl (C=O) groups excluding carboxylic acids is 1. The Balaban J connectivity index is 1.67. The number of benzene rings is 2. The number of nitrogens with one attached hydrogen (secondary N) is 2. The highest BCUT2D eigenvalue weighted by molar-refractivity contribution is 5.87. The summed E-state index contributed by atoms with van der Waals surface area (Å²) >= 11 is 0. The fourth-order valence-corrected chi connectivity index (χ4v) is 3.36. The highest BCUT2D eigenvalue weighted by atomic mass is 16.4. The number of aromatic amines is 1. The number of fused-ring (bicyclic) bond motifs is 1. The zero-order chi connectivity index (χ0) is 21.5. The molecule has 156 valence electrons. The Labute approximate surface area is 173 Å². The van der Waals surface area contributed by atoms with Gasteiger partial charge in [-0.1, -0.05) is 48.5 Å². The van der Waals surface area contributed by atoms with Crippen LogP contribution in [0.2, 0.25) is 0 Å². The molecule has 0 spiro atoms. The van der Waals surface area contributed by atoms with Gasteiger partial charge in [0.2, 0.25) is 5.91 Å². The van der Waals surface area contributed by atoms with Gasteiger partial charge in [0.05, 0.1) is 13.1 Å². The molecule has 0 radical (unpaired) electrons. The van der Waals surface area contributed by atoms with Crippen molar-refractivity contribution >= 4 is 28.7 Å². The van der Waals surface area contributed by atoms with Crippen LogP contribution in [0.25, 0.3) is 10.9 Å². The first-order valence-corrected chi connectivity index (χ1v) is 9.47. The molecule has 0 saturated carbocycles. The molecule has 0 bridgehead atoms. The smallest absolute Gasteiger partial charge is 0.326 e. The molecule has 0 saturated heterocycles. The first-order chi connectivity index (χ1) is 14.4. The number of nitrogens with zero attached hydrogens (tertiary/aromatic N) is 1. The second kappa shape index (κ2) is 9.71. The van der Waals surface area contributed by atoms with Gasteiger partial charge >= 0.3 is 11.9 Å². The Morgan fingerprint density at radius 2 is 1.67 bits per heavy atom. The maximum Gasteiger partial charge on any atom is 0.326 e. The molecular formula is C22H23N3O5. The van der Waals surface area contributed by atoms with Gasteiger partial charge in [0.25, 0.3) is 0 Å². The number of amides is 1. The van der Waals surface area contributed by atoms with E-state index in [1.807, 2.05) is 54.6 Å². The molecule has 1 aromatic heterocycles. The second-order valence-corrected chi connectivity index (χ2v) is 7.05. The predicted octanol–water partition coefficient (Wildman–Crippen LogP) is 1.87. The van der Waals surface area contributed by atoms with E-state index in [9.17, 15) is 19.5 Å². The quantitative estimate of drug-likeness (QED) is 0.405. The Morgan fingerprint density at radius 3 is 2.37 bits per heavy atom.